The fourth-order valence-electron chi connectivity index (χ4n) is 2.54. The molecule has 0 fully saturated rings. The first-order chi connectivity index (χ1) is 15.0. The van der Waals surface area contributed by atoms with Gasteiger partial charge in [-0.15, -0.1) is 0 Å². The van der Waals surface area contributed by atoms with Crippen molar-refractivity contribution in [2.24, 2.45) is 11.5 Å². The Balaban J connectivity index is 0. The van der Waals surface area contributed by atoms with E-state index in [-0.39, 0.29) is 0 Å². The Labute approximate surface area is 204 Å². The fraction of sp³-hybridized carbons (Fsp3) is 0.478. The van der Waals surface area contributed by atoms with Gasteiger partial charge in [0.2, 0.25) is 0 Å². The van der Waals surface area contributed by atoms with Gasteiger partial charge < -0.3 is 21.7 Å². The van der Waals surface area contributed by atoms with Crippen molar-refractivity contribution >= 4 is 37.9 Å². The number of nitrogens with zero attached hydrogens (tertiary/aromatic N) is 2. The van der Waals surface area contributed by atoms with Crippen LogP contribution in [0.3, 0.4) is 0 Å². The van der Waals surface area contributed by atoms with E-state index in [4.69, 9.17) is 21.9 Å². The number of aryl methyl sites for hydroxylation is 1. The summed E-state index contributed by atoms with van der Waals surface area (Å²) in [6, 6.07) is 8.20. The van der Waals surface area contributed by atoms with Crippen LogP contribution in [0.15, 0.2) is 30.3 Å². The number of nitrogens with two attached hydrogens (primary N) is 2. The van der Waals surface area contributed by atoms with Crippen LogP contribution < -0.4 is 16.8 Å². The van der Waals surface area contributed by atoms with Crippen LogP contribution in [0.25, 0.3) is 17.0 Å². The Hall–Kier alpha value is -1.46. The van der Waals surface area contributed by atoms with Crippen molar-refractivity contribution in [2.45, 2.75) is 41.0 Å². The molecule has 0 aliphatic rings. The second kappa shape index (κ2) is 20.4. The molecule has 0 aliphatic heterocycles. The van der Waals surface area contributed by atoms with Crippen LogP contribution in [0.2, 0.25) is 0 Å². The predicted octanol–water partition coefficient (Wildman–Crippen LogP) is 4.92. The molecule has 0 unspecified atom stereocenters. The quantitative estimate of drug-likeness (QED) is 0.257. The van der Waals surface area contributed by atoms with Gasteiger partial charge in [0.05, 0.1) is 17.0 Å². The molecule has 0 saturated heterocycles. The van der Waals surface area contributed by atoms with Gasteiger partial charge in [0, 0.05) is 36.8 Å². The molecular weight excluding hydrogens is 591 g/mol. The minimum absolute atomic E-state index is 0.575. The summed E-state index contributed by atoms with van der Waals surface area (Å²) in [5, 5.41) is 12.3. The molecule has 0 spiro atoms. The number of para-hydroxylation sites is 1. The van der Waals surface area contributed by atoms with Crippen molar-refractivity contribution in [2.75, 3.05) is 38.5 Å². The predicted molar refractivity (Wildman–Crippen MR) is 136 cm³/mol. The third-order valence-electron chi connectivity index (χ3n) is 4.18. The van der Waals surface area contributed by atoms with Gasteiger partial charge in [-0.3, -0.25) is 10.4 Å². The number of hydrogen-bond acceptors (Lipinski definition) is 5. The van der Waals surface area contributed by atoms with E-state index >= 15 is 0 Å². The van der Waals surface area contributed by atoms with Gasteiger partial charge in [0.15, 0.2) is 0 Å². The van der Waals surface area contributed by atoms with E-state index in [1.807, 2.05) is 63.9 Å². The van der Waals surface area contributed by atoms with Gasteiger partial charge in [0.1, 0.15) is 0 Å². The molecular formula is C23H40ClN6Pt. The van der Waals surface area contributed by atoms with Crippen LogP contribution in [0, 0.1) is 12.3 Å². The van der Waals surface area contributed by atoms with Gasteiger partial charge >= 0.3 is 28.2 Å². The van der Waals surface area contributed by atoms with Crippen molar-refractivity contribution in [1.29, 1.82) is 5.41 Å². The molecule has 2 rings (SSSR count). The number of rotatable bonds is 7. The molecule has 1 heterocycles. The molecule has 179 valence electrons. The molecule has 1 aromatic heterocycles. The van der Waals surface area contributed by atoms with Crippen molar-refractivity contribution in [3.05, 3.63) is 41.6 Å². The minimum atomic E-state index is 0.575. The normalized spacial score (nSPS) is 9.65. The summed E-state index contributed by atoms with van der Waals surface area (Å²) >= 11 is 1.61. The molecule has 0 amide bonds. The molecule has 8 heteroatoms. The average molecular weight is 631 g/mol. The number of pyridine rings is 1. The third kappa shape index (κ3) is 12.2. The van der Waals surface area contributed by atoms with Crippen LogP contribution in [0.5, 0.6) is 0 Å². The number of allylic oxidation sites excluding steroid dienone is 1. The first-order valence-electron chi connectivity index (χ1n) is 10.5. The summed E-state index contributed by atoms with van der Waals surface area (Å²) in [6.07, 6.45) is 5.08. The van der Waals surface area contributed by atoms with Crippen molar-refractivity contribution in [1.82, 2.24) is 9.88 Å². The van der Waals surface area contributed by atoms with E-state index in [9.17, 15) is 0 Å². The first kappa shape index (κ1) is 31.7. The van der Waals surface area contributed by atoms with E-state index in [0.29, 0.717) is 5.84 Å². The topological polar surface area (TPSA) is 104 Å². The summed E-state index contributed by atoms with van der Waals surface area (Å²) in [7, 11) is 6.55. The molecule has 0 saturated carbocycles. The first-order valence-corrected chi connectivity index (χ1v) is 13.3. The van der Waals surface area contributed by atoms with Crippen LogP contribution in [-0.2, 0) is 18.8 Å². The molecule has 0 aliphatic carbocycles. The molecule has 6 N–H and O–H groups in total. The number of amidine groups is 1. The number of nitrogens with one attached hydrogen (secondary N) is 2. The van der Waals surface area contributed by atoms with Crippen molar-refractivity contribution in [3.8, 4) is 0 Å². The summed E-state index contributed by atoms with van der Waals surface area (Å²) < 4.78 is 0. The Morgan fingerprint density at radius 2 is 1.81 bits per heavy atom. The molecule has 0 atom stereocenters. The summed E-state index contributed by atoms with van der Waals surface area (Å²) in [4.78, 5) is 6.62. The Kier molecular flexibility index (Phi) is 20.9. The average Bonchev–Trinajstić information content (AvgIpc) is 2.79. The molecule has 1 aromatic carbocycles. The number of hydrogen-bond donors (Lipinski definition) is 4. The van der Waals surface area contributed by atoms with Crippen molar-refractivity contribution < 1.29 is 18.8 Å². The van der Waals surface area contributed by atoms with Gasteiger partial charge in [-0.05, 0) is 46.3 Å². The van der Waals surface area contributed by atoms with Gasteiger partial charge in [-0.1, -0.05) is 44.2 Å². The van der Waals surface area contributed by atoms with Crippen LogP contribution in [0.1, 0.15) is 45.4 Å². The second-order valence-electron chi connectivity index (χ2n) is 6.37. The van der Waals surface area contributed by atoms with Crippen molar-refractivity contribution in [3.63, 3.8) is 0 Å². The zero-order chi connectivity index (χ0) is 24.2. The Morgan fingerprint density at radius 1 is 1.23 bits per heavy atom. The number of aromatic nitrogens is 1. The van der Waals surface area contributed by atoms with E-state index in [0.717, 1.165) is 60.4 Å². The molecule has 31 heavy (non-hydrogen) atoms. The van der Waals surface area contributed by atoms with E-state index in [1.165, 1.54) is 0 Å². The number of fused-ring (bicyclic) bond motifs is 1. The van der Waals surface area contributed by atoms with Crippen LogP contribution in [-0.4, -0.2) is 48.9 Å². The number of halogens is 1. The standard InChI is InChI=1S/C18H24N4.C3H10N2.C2H6.ClH.Pt/c1-5-8-15-13(2)21-17-10-7-6-9-16(17)18(15)20-11-12-22(4)14(3)19;4-2-1-3-5;1-2;;/h5-10,19H,11-12H2,1-4H3,(H,20,21);1-5H2;1-2H3;1H;/q;;;;+1/p-1/b8-5-,19-14?;;;;. The van der Waals surface area contributed by atoms with Crippen LogP contribution >= 0.6 is 9.42 Å². The second-order valence-corrected chi connectivity index (χ2v) is 6.37. The van der Waals surface area contributed by atoms with E-state index in [1.54, 1.807) is 25.7 Å². The summed E-state index contributed by atoms with van der Waals surface area (Å²) in [5.74, 6) is 0.575. The number of benzene rings is 1. The van der Waals surface area contributed by atoms with Gasteiger partial charge in [-0.2, -0.15) is 0 Å². The third-order valence-corrected chi connectivity index (χ3v) is 4.18. The zero-order valence-corrected chi connectivity index (χ0v) is 22.8. The summed E-state index contributed by atoms with van der Waals surface area (Å²) in [6.45, 7) is 12.9. The molecule has 0 bridgehead atoms. The Morgan fingerprint density at radius 3 is 2.29 bits per heavy atom. The Bertz CT molecular complexity index is 765. The fourth-order valence-corrected chi connectivity index (χ4v) is 2.54. The van der Waals surface area contributed by atoms with E-state index < -0.39 is 0 Å². The maximum atomic E-state index is 7.63. The number of anilines is 1. The maximum absolute atomic E-state index is 7.63. The summed E-state index contributed by atoms with van der Waals surface area (Å²) in [5.41, 5.74) is 14.4. The number of likely N-dealkylation sites (N-methyl/N-ethyl adjacent to an activating group) is 1. The van der Waals surface area contributed by atoms with E-state index in [2.05, 4.69) is 26.9 Å². The van der Waals surface area contributed by atoms with Gasteiger partial charge in [0.25, 0.3) is 0 Å². The molecule has 2 aromatic rings. The molecule has 6 nitrogen and oxygen atoms in total. The van der Waals surface area contributed by atoms with Gasteiger partial charge in [-0.25, -0.2) is 0 Å². The monoisotopic (exact) mass is 630 g/mol. The molecule has 0 radical (unpaired) electrons. The van der Waals surface area contributed by atoms with Crippen LogP contribution in [0.4, 0.5) is 5.69 Å². The zero-order valence-electron chi connectivity index (χ0n) is 19.7. The SMILES string of the molecule is C/C=C\c1c(C)nc2ccccc2c1NCCN(C)C(C)=N.CC.NCCCN.[Cl][Pt].